The average molecular weight is 467 g/mol. The lowest BCUT2D eigenvalue weighted by Gasteiger charge is -2.18. The predicted molar refractivity (Wildman–Crippen MR) is 111 cm³/mol. The Morgan fingerprint density at radius 3 is 2.37 bits per heavy atom. The summed E-state index contributed by atoms with van der Waals surface area (Å²) in [5.74, 6) is -0.947. The molecule has 2 aromatic carbocycles. The Labute approximate surface area is 175 Å². The van der Waals surface area contributed by atoms with Crippen molar-refractivity contribution in [1.82, 2.24) is 0 Å². The number of anilines is 1. The van der Waals surface area contributed by atoms with Crippen LogP contribution >= 0.6 is 39.1 Å². The summed E-state index contributed by atoms with van der Waals surface area (Å²) >= 11 is 15.6. The van der Waals surface area contributed by atoms with E-state index in [0.29, 0.717) is 21.4 Å². The number of hydrogen-bond donors (Lipinski definition) is 0. The first-order valence-corrected chi connectivity index (χ1v) is 9.44. The zero-order valence-electron chi connectivity index (χ0n) is 14.4. The van der Waals surface area contributed by atoms with Gasteiger partial charge in [-0.1, -0.05) is 57.3 Å². The van der Waals surface area contributed by atoms with Crippen LogP contribution in [0.2, 0.25) is 10.0 Å². The Bertz CT molecular complexity index is 994. The van der Waals surface area contributed by atoms with Crippen LogP contribution in [-0.2, 0) is 14.3 Å². The minimum absolute atomic E-state index is 0.203. The van der Waals surface area contributed by atoms with Crippen LogP contribution < -0.4 is 4.90 Å². The highest BCUT2D eigenvalue weighted by Gasteiger charge is 2.38. The van der Waals surface area contributed by atoms with E-state index >= 15 is 0 Å². The maximum Gasteiger partial charge on any atom is 0.340 e. The largest absolute Gasteiger partial charge is 0.465 e. The molecule has 27 heavy (non-hydrogen) atoms. The second-order valence-electron chi connectivity index (χ2n) is 5.80. The van der Waals surface area contributed by atoms with Gasteiger partial charge >= 0.3 is 5.97 Å². The van der Waals surface area contributed by atoms with Crippen molar-refractivity contribution in [2.75, 3.05) is 12.0 Å². The van der Waals surface area contributed by atoms with Crippen LogP contribution in [0.25, 0.3) is 6.08 Å². The van der Waals surface area contributed by atoms with Crippen LogP contribution in [0.1, 0.15) is 12.5 Å². The molecule has 0 unspecified atom stereocenters. The van der Waals surface area contributed by atoms with E-state index in [0.717, 1.165) is 10.0 Å². The molecule has 1 aliphatic rings. The summed E-state index contributed by atoms with van der Waals surface area (Å²) in [6.45, 7) is 1.68. The zero-order chi connectivity index (χ0) is 19.7. The number of carbonyl (C=O) groups excluding carboxylic acids is 2. The number of methoxy groups -OCH3 is 1. The van der Waals surface area contributed by atoms with Gasteiger partial charge in [0.2, 0.25) is 0 Å². The van der Waals surface area contributed by atoms with Crippen molar-refractivity contribution in [1.29, 1.82) is 0 Å². The van der Waals surface area contributed by atoms with E-state index in [4.69, 9.17) is 27.9 Å². The maximum absolute atomic E-state index is 13.2. The molecule has 0 fully saturated rings. The van der Waals surface area contributed by atoms with Gasteiger partial charge in [-0.15, -0.1) is 0 Å². The summed E-state index contributed by atoms with van der Waals surface area (Å²) in [4.78, 5) is 27.0. The Balaban J connectivity index is 2.19. The third-order valence-electron chi connectivity index (χ3n) is 4.10. The quantitative estimate of drug-likeness (QED) is 0.434. The minimum atomic E-state index is -0.588. The summed E-state index contributed by atoms with van der Waals surface area (Å²) in [7, 11) is 1.28. The molecule has 0 saturated carbocycles. The van der Waals surface area contributed by atoms with Gasteiger partial charge in [-0.25, -0.2) is 4.79 Å². The fourth-order valence-corrected chi connectivity index (χ4v) is 3.82. The second-order valence-corrected chi connectivity index (χ2v) is 7.53. The van der Waals surface area contributed by atoms with Crippen molar-refractivity contribution in [3.63, 3.8) is 0 Å². The molecule has 1 heterocycles. The van der Waals surface area contributed by atoms with Crippen molar-refractivity contribution >= 4 is 62.8 Å². The molecule has 138 valence electrons. The minimum Gasteiger partial charge on any atom is -0.465 e. The summed E-state index contributed by atoms with van der Waals surface area (Å²) < 4.78 is 5.70. The van der Waals surface area contributed by atoms with Crippen molar-refractivity contribution in [3.05, 3.63) is 79.4 Å². The summed E-state index contributed by atoms with van der Waals surface area (Å²) in [5, 5.41) is 0.780. The Morgan fingerprint density at radius 1 is 1.15 bits per heavy atom. The molecule has 3 rings (SSSR count). The van der Waals surface area contributed by atoms with Crippen LogP contribution in [0.3, 0.4) is 0 Å². The van der Waals surface area contributed by atoms with Crippen LogP contribution in [0.15, 0.2) is 63.8 Å². The van der Waals surface area contributed by atoms with Gasteiger partial charge < -0.3 is 4.74 Å². The van der Waals surface area contributed by atoms with Crippen LogP contribution in [0.5, 0.6) is 0 Å². The number of esters is 1. The maximum atomic E-state index is 13.2. The van der Waals surface area contributed by atoms with Crippen LogP contribution in [0.4, 0.5) is 5.69 Å². The zero-order valence-corrected chi connectivity index (χ0v) is 17.5. The second kappa shape index (κ2) is 7.89. The van der Waals surface area contributed by atoms with E-state index < -0.39 is 5.97 Å². The Hall–Kier alpha value is -2.08. The molecule has 1 aliphatic heterocycles. The SMILES string of the molecule is COC(=O)C1=C(C)N(c2cc(Cl)cc(Cl)c2)C(=O)/C1=C\c1ccccc1Br. The topological polar surface area (TPSA) is 46.6 Å². The number of carbonyl (C=O) groups is 2. The van der Waals surface area contributed by atoms with Crippen molar-refractivity contribution in [2.24, 2.45) is 0 Å². The number of ether oxygens (including phenoxy) is 1. The van der Waals surface area contributed by atoms with Crippen molar-refractivity contribution in [2.45, 2.75) is 6.92 Å². The predicted octanol–water partition coefficient (Wildman–Crippen LogP) is 5.63. The van der Waals surface area contributed by atoms with Gasteiger partial charge in [-0.05, 0) is 42.8 Å². The molecule has 0 aliphatic carbocycles. The smallest absolute Gasteiger partial charge is 0.340 e. The molecule has 1 amide bonds. The molecule has 4 nitrogen and oxygen atoms in total. The normalized spacial score (nSPS) is 15.7. The fraction of sp³-hybridized carbons (Fsp3) is 0.100. The number of halogens is 3. The fourth-order valence-electron chi connectivity index (χ4n) is 2.91. The molecule has 0 bridgehead atoms. The van der Waals surface area contributed by atoms with Gasteiger partial charge in [0.25, 0.3) is 5.91 Å². The third kappa shape index (κ3) is 3.81. The molecule has 0 saturated heterocycles. The molecule has 2 aromatic rings. The van der Waals surface area contributed by atoms with Crippen LogP contribution in [0, 0.1) is 0 Å². The first-order chi connectivity index (χ1) is 12.8. The lowest BCUT2D eigenvalue weighted by atomic mass is 10.0. The lowest BCUT2D eigenvalue weighted by Crippen LogP contribution is -2.24. The van der Waals surface area contributed by atoms with E-state index in [-0.39, 0.29) is 17.1 Å². The molecule has 0 N–H and O–H groups in total. The monoisotopic (exact) mass is 465 g/mol. The molecule has 7 heteroatoms. The third-order valence-corrected chi connectivity index (χ3v) is 5.26. The van der Waals surface area contributed by atoms with Gasteiger partial charge in [0.15, 0.2) is 0 Å². The molecule has 0 spiro atoms. The molecular weight excluding hydrogens is 453 g/mol. The van der Waals surface area contributed by atoms with Crippen molar-refractivity contribution < 1.29 is 14.3 Å². The van der Waals surface area contributed by atoms with Gasteiger partial charge in [-0.2, -0.15) is 0 Å². The Morgan fingerprint density at radius 2 is 1.78 bits per heavy atom. The van der Waals surface area contributed by atoms with E-state index in [1.807, 2.05) is 24.3 Å². The van der Waals surface area contributed by atoms with Crippen molar-refractivity contribution in [3.8, 4) is 0 Å². The highest BCUT2D eigenvalue weighted by atomic mass is 79.9. The molecule has 0 atom stereocenters. The summed E-state index contributed by atoms with van der Waals surface area (Å²) in [5.41, 5.74) is 2.13. The summed E-state index contributed by atoms with van der Waals surface area (Å²) in [6, 6.07) is 12.2. The first-order valence-electron chi connectivity index (χ1n) is 7.90. The highest BCUT2D eigenvalue weighted by molar-refractivity contribution is 9.10. The van der Waals surface area contributed by atoms with Gasteiger partial charge in [-0.3, -0.25) is 9.69 Å². The van der Waals surface area contributed by atoms with Crippen LogP contribution in [-0.4, -0.2) is 19.0 Å². The molecule has 0 aromatic heterocycles. The van der Waals surface area contributed by atoms with Gasteiger partial charge in [0.05, 0.1) is 23.9 Å². The Kier molecular flexibility index (Phi) is 5.75. The van der Waals surface area contributed by atoms with E-state index in [2.05, 4.69) is 15.9 Å². The van der Waals surface area contributed by atoms with Gasteiger partial charge in [0.1, 0.15) is 0 Å². The number of nitrogens with zero attached hydrogens (tertiary/aromatic N) is 1. The number of allylic oxidation sites excluding steroid dienone is 1. The van der Waals surface area contributed by atoms with Gasteiger partial charge in [0, 0.05) is 20.2 Å². The summed E-state index contributed by atoms with van der Waals surface area (Å²) in [6.07, 6.45) is 1.66. The number of amides is 1. The average Bonchev–Trinajstić information content (AvgIpc) is 2.85. The number of benzene rings is 2. The highest BCUT2D eigenvalue weighted by Crippen LogP contribution is 2.38. The van der Waals surface area contributed by atoms with E-state index in [1.165, 1.54) is 12.0 Å². The number of hydrogen-bond acceptors (Lipinski definition) is 3. The standard InChI is InChI=1S/C20H14BrCl2NO3/c1-11-18(20(26)27-2)16(7-12-5-3-4-6-17(12)21)19(25)24(11)15-9-13(22)8-14(23)10-15/h3-10H,1-2H3/b16-7-. The van der Waals surface area contributed by atoms with E-state index in [9.17, 15) is 9.59 Å². The lowest BCUT2D eigenvalue weighted by molar-refractivity contribution is -0.136. The molecule has 0 radical (unpaired) electrons. The first kappa shape index (κ1) is 19.7. The molecular formula is C20H14BrCl2NO3. The van der Waals surface area contributed by atoms with E-state index in [1.54, 1.807) is 31.2 Å². The number of rotatable bonds is 3.